The summed E-state index contributed by atoms with van der Waals surface area (Å²) >= 11 is 0. The van der Waals surface area contributed by atoms with Gasteiger partial charge in [-0.25, -0.2) is 9.07 Å². The van der Waals surface area contributed by atoms with Crippen LogP contribution in [0.15, 0.2) is 85.1 Å². The first-order valence-corrected chi connectivity index (χ1v) is 11.6. The van der Waals surface area contributed by atoms with Crippen LogP contribution in [-0.2, 0) is 17.9 Å². The van der Waals surface area contributed by atoms with Gasteiger partial charge in [-0.1, -0.05) is 30.3 Å². The second-order valence-electron chi connectivity index (χ2n) is 8.59. The van der Waals surface area contributed by atoms with Crippen LogP contribution in [0.25, 0.3) is 16.9 Å². The average molecular weight is 469 g/mol. The lowest BCUT2D eigenvalue weighted by Crippen LogP contribution is -2.25. The number of hydrogen-bond acceptors (Lipinski definition) is 3. The third-order valence-corrected chi connectivity index (χ3v) is 6.10. The van der Waals surface area contributed by atoms with Crippen molar-refractivity contribution in [3.63, 3.8) is 0 Å². The van der Waals surface area contributed by atoms with Crippen molar-refractivity contribution in [2.45, 2.75) is 25.9 Å². The van der Waals surface area contributed by atoms with Gasteiger partial charge < -0.3 is 10.2 Å². The molecule has 2 heterocycles. The summed E-state index contributed by atoms with van der Waals surface area (Å²) in [5.41, 5.74) is 4.60. The average Bonchev–Trinajstić information content (AvgIpc) is 3.50. The van der Waals surface area contributed by atoms with E-state index in [4.69, 9.17) is 5.10 Å². The number of likely N-dealkylation sites (tertiary alicyclic amines) is 1. The number of benzene rings is 3. The van der Waals surface area contributed by atoms with E-state index in [0.717, 1.165) is 35.3 Å². The van der Waals surface area contributed by atoms with Crippen LogP contribution in [-0.4, -0.2) is 33.0 Å². The van der Waals surface area contributed by atoms with Gasteiger partial charge in [-0.3, -0.25) is 9.59 Å². The van der Waals surface area contributed by atoms with Gasteiger partial charge in [-0.05, 0) is 60.5 Å². The molecule has 2 amide bonds. The van der Waals surface area contributed by atoms with E-state index in [0.29, 0.717) is 24.2 Å². The Morgan fingerprint density at radius 2 is 1.80 bits per heavy atom. The van der Waals surface area contributed by atoms with E-state index in [2.05, 4.69) is 5.32 Å². The summed E-state index contributed by atoms with van der Waals surface area (Å²) in [6, 6.07) is 23.2. The van der Waals surface area contributed by atoms with E-state index in [1.54, 1.807) is 22.9 Å². The molecule has 0 atom stereocenters. The van der Waals surface area contributed by atoms with E-state index < -0.39 is 0 Å². The summed E-state index contributed by atoms with van der Waals surface area (Å²) in [4.78, 5) is 26.7. The van der Waals surface area contributed by atoms with E-state index in [1.807, 2.05) is 59.6 Å². The van der Waals surface area contributed by atoms with Crippen LogP contribution in [0.1, 0.15) is 34.3 Å². The zero-order chi connectivity index (χ0) is 24.2. The molecule has 35 heavy (non-hydrogen) atoms. The Kier molecular flexibility index (Phi) is 6.39. The zero-order valence-electron chi connectivity index (χ0n) is 19.2. The molecule has 4 aromatic rings. The summed E-state index contributed by atoms with van der Waals surface area (Å²) in [7, 11) is 0. The molecule has 0 aliphatic carbocycles. The van der Waals surface area contributed by atoms with Gasteiger partial charge in [0.25, 0.3) is 5.91 Å². The van der Waals surface area contributed by atoms with Gasteiger partial charge in [0.15, 0.2) is 0 Å². The van der Waals surface area contributed by atoms with Gasteiger partial charge in [-0.15, -0.1) is 0 Å². The quantitative estimate of drug-likeness (QED) is 0.426. The predicted octanol–water partition coefficient (Wildman–Crippen LogP) is 4.73. The number of hydrogen-bond donors (Lipinski definition) is 1. The molecule has 0 bridgehead atoms. The number of rotatable bonds is 7. The van der Waals surface area contributed by atoms with Crippen LogP contribution in [0, 0.1) is 5.82 Å². The molecule has 0 radical (unpaired) electrons. The van der Waals surface area contributed by atoms with Crippen LogP contribution in [0.4, 0.5) is 4.39 Å². The molecule has 0 spiro atoms. The maximum atomic E-state index is 13.5. The molecular weight excluding hydrogens is 443 g/mol. The molecule has 1 fully saturated rings. The summed E-state index contributed by atoms with van der Waals surface area (Å²) < 4.78 is 15.3. The first-order valence-electron chi connectivity index (χ1n) is 11.6. The van der Waals surface area contributed by atoms with Crippen LogP contribution in [0.5, 0.6) is 0 Å². The van der Waals surface area contributed by atoms with Crippen molar-refractivity contribution in [3.8, 4) is 16.9 Å². The lowest BCUT2D eigenvalue weighted by Gasteiger charge is -2.16. The minimum absolute atomic E-state index is 0.156. The lowest BCUT2D eigenvalue weighted by atomic mass is 10.1. The van der Waals surface area contributed by atoms with Crippen LogP contribution < -0.4 is 5.32 Å². The summed E-state index contributed by atoms with van der Waals surface area (Å²) in [6.07, 6.45) is 3.35. The van der Waals surface area contributed by atoms with E-state index in [1.165, 1.54) is 12.1 Å². The van der Waals surface area contributed by atoms with Crippen LogP contribution in [0.3, 0.4) is 0 Å². The van der Waals surface area contributed by atoms with E-state index >= 15 is 0 Å². The maximum Gasteiger partial charge on any atom is 0.251 e. The molecular formula is C28H25FN4O2. The molecule has 0 unspecified atom stereocenters. The molecule has 176 valence electrons. The fourth-order valence-corrected chi connectivity index (χ4v) is 4.28. The van der Waals surface area contributed by atoms with Gasteiger partial charge in [0.05, 0.1) is 11.4 Å². The highest BCUT2D eigenvalue weighted by Gasteiger charge is 2.20. The molecule has 0 saturated carbocycles. The normalized spacial score (nSPS) is 13.3. The topological polar surface area (TPSA) is 67.2 Å². The highest BCUT2D eigenvalue weighted by atomic mass is 19.1. The maximum absolute atomic E-state index is 13.5. The number of para-hydroxylation sites is 1. The highest BCUT2D eigenvalue weighted by molar-refractivity contribution is 5.94. The minimum Gasteiger partial charge on any atom is -0.348 e. The Morgan fingerprint density at radius 3 is 2.54 bits per heavy atom. The van der Waals surface area contributed by atoms with Gasteiger partial charge in [0.1, 0.15) is 5.82 Å². The number of nitrogens with zero attached hydrogens (tertiary/aromatic N) is 3. The number of halogens is 1. The second kappa shape index (κ2) is 9.93. The summed E-state index contributed by atoms with van der Waals surface area (Å²) in [5.74, 6) is -0.373. The Labute approximate surface area is 203 Å². The van der Waals surface area contributed by atoms with Gasteiger partial charge in [-0.2, -0.15) is 5.10 Å². The Morgan fingerprint density at radius 1 is 1.00 bits per heavy atom. The minimum atomic E-state index is -0.318. The standard InChI is InChI=1S/C28H25FN4O2/c29-24-13-11-21(12-14-24)27-23(19-33(31-27)25-8-2-1-3-9-25)17-30-28(35)22-7-4-6-20(16-22)18-32-15-5-10-26(32)34/h1-4,6-9,11-14,16,19H,5,10,15,17-18H2,(H,30,35). The van der Waals surface area contributed by atoms with Crippen LogP contribution in [0.2, 0.25) is 0 Å². The summed E-state index contributed by atoms with van der Waals surface area (Å²) in [5, 5.41) is 7.70. The molecule has 5 rings (SSSR count). The van der Waals surface area contributed by atoms with E-state index in [-0.39, 0.29) is 24.2 Å². The third-order valence-electron chi connectivity index (χ3n) is 6.10. The molecule has 1 N–H and O–H groups in total. The molecule has 6 nitrogen and oxygen atoms in total. The number of amides is 2. The number of aromatic nitrogens is 2. The highest BCUT2D eigenvalue weighted by Crippen LogP contribution is 2.24. The van der Waals surface area contributed by atoms with Gasteiger partial charge in [0, 0.05) is 48.9 Å². The molecule has 1 saturated heterocycles. The smallest absolute Gasteiger partial charge is 0.251 e. The van der Waals surface area contributed by atoms with Crippen molar-refractivity contribution in [1.29, 1.82) is 0 Å². The number of carbonyl (C=O) groups is 2. The SMILES string of the molecule is O=C(NCc1cn(-c2ccccc2)nc1-c1ccc(F)cc1)c1cccc(CN2CCCC2=O)c1. The van der Waals surface area contributed by atoms with E-state index in [9.17, 15) is 14.0 Å². The van der Waals surface area contributed by atoms with Crippen LogP contribution >= 0.6 is 0 Å². The third kappa shape index (κ3) is 5.14. The largest absolute Gasteiger partial charge is 0.348 e. The number of nitrogens with one attached hydrogen (secondary N) is 1. The second-order valence-corrected chi connectivity index (χ2v) is 8.59. The molecule has 1 aliphatic heterocycles. The Hall–Kier alpha value is -4.26. The Bertz CT molecular complexity index is 1350. The number of carbonyl (C=O) groups excluding carboxylic acids is 2. The first-order chi connectivity index (χ1) is 17.1. The predicted molar refractivity (Wildman–Crippen MR) is 131 cm³/mol. The fraction of sp³-hybridized carbons (Fsp3) is 0.179. The lowest BCUT2D eigenvalue weighted by molar-refractivity contribution is -0.128. The fourth-order valence-electron chi connectivity index (χ4n) is 4.28. The zero-order valence-corrected chi connectivity index (χ0v) is 19.2. The van der Waals surface area contributed by atoms with Gasteiger partial charge >= 0.3 is 0 Å². The van der Waals surface area contributed by atoms with Crippen molar-refractivity contribution < 1.29 is 14.0 Å². The Balaban J connectivity index is 1.35. The van der Waals surface area contributed by atoms with Crippen molar-refractivity contribution in [2.24, 2.45) is 0 Å². The molecule has 7 heteroatoms. The summed E-state index contributed by atoms with van der Waals surface area (Å²) in [6.45, 7) is 1.53. The van der Waals surface area contributed by atoms with Crippen molar-refractivity contribution in [3.05, 3.63) is 108 Å². The first kappa shape index (κ1) is 22.5. The van der Waals surface area contributed by atoms with Crippen molar-refractivity contribution >= 4 is 11.8 Å². The van der Waals surface area contributed by atoms with Crippen molar-refractivity contribution in [1.82, 2.24) is 20.0 Å². The monoisotopic (exact) mass is 468 g/mol. The molecule has 3 aromatic carbocycles. The molecule has 1 aromatic heterocycles. The van der Waals surface area contributed by atoms with Crippen molar-refractivity contribution in [2.75, 3.05) is 6.54 Å². The molecule has 1 aliphatic rings. The van der Waals surface area contributed by atoms with Gasteiger partial charge in [0.2, 0.25) is 5.91 Å².